The van der Waals surface area contributed by atoms with Gasteiger partial charge in [-0.3, -0.25) is 14.4 Å². The Balaban J connectivity index is 2.91. The van der Waals surface area contributed by atoms with Gasteiger partial charge >= 0.3 is 6.09 Å². The molecule has 1 aromatic carbocycles. The van der Waals surface area contributed by atoms with Crippen molar-refractivity contribution in [1.82, 2.24) is 16.0 Å². The fourth-order valence-electron chi connectivity index (χ4n) is 3.71. The van der Waals surface area contributed by atoms with Crippen molar-refractivity contribution in [2.24, 2.45) is 17.8 Å². The lowest BCUT2D eigenvalue weighted by Gasteiger charge is -2.27. The summed E-state index contributed by atoms with van der Waals surface area (Å²) in [5, 5.41) is 17.4. The molecule has 0 radical (unpaired) electrons. The molecule has 0 aliphatic rings. The van der Waals surface area contributed by atoms with Crippen LogP contribution in [-0.2, 0) is 25.7 Å². The van der Waals surface area contributed by atoms with Gasteiger partial charge in [0.25, 0.3) is 0 Å². The van der Waals surface area contributed by atoms with Crippen LogP contribution in [0.4, 0.5) is 4.79 Å². The van der Waals surface area contributed by atoms with Gasteiger partial charge in [-0.2, -0.15) is 0 Å². The van der Waals surface area contributed by atoms with Crippen molar-refractivity contribution in [3.05, 3.63) is 35.9 Å². The number of nitrogens with one attached hydrogen (secondary N) is 3. The van der Waals surface area contributed by atoms with E-state index < -0.39 is 48.4 Å². The van der Waals surface area contributed by atoms with Crippen LogP contribution in [0.5, 0.6) is 0 Å². The Morgan fingerprint density at radius 2 is 1.17 bits per heavy atom. The Bertz CT molecular complexity index is 841. The van der Waals surface area contributed by atoms with Gasteiger partial charge in [0.15, 0.2) is 5.78 Å². The number of benzene rings is 1. The van der Waals surface area contributed by atoms with E-state index in [0.29, 0.717) is 19.3 Å². The SMILES string of the molecule is CC(C)CC(NC(=O)[C@H](CC(C)C)NC(=O)C(CC(C)C)NC(=O)OCc1ccccc1)C(=O)CO. The Labute approximate surface area is 214 Å². The van der Waals surface area contributed by atoms with E-state index in [1.807, 2.05) is 71.9 Å². The predicted molar refractivity (Wildman–Crippen MR) is 138 cm³/mol. The van der Waals surface area contributed by atoms with E-state index in [9.17, 15) is 24.3 Å². The number of Topliss-reactive ketones (excluding diaryl/α,β-unsaturated/α-hetero) is 1. The van der Waals surface area contributed by atoms with Gasteiger partial charge in [0, 0.05) is 0 Å². The molecule has 0 fully saturated rings. The Morgan fingerprint density at radius 1 is 0.722 bits per heavy atom. The lowest BCUT2D eigenvalue weighted by atomic mass is 9.98. The number of hydrogen-bond donors (Lipinski definition) is 4. The first kappa shape index (κ1) is 31.1. The van der Waals surface area contributed by atoms with Crippen molar-refractivity contribution in [3.8, 4) is 0 Å². The molecule has 0 bridgehead atoms. The van der Waals surface area contributed by atoms with E-state index in [2.05, 4.69) is 16.0 Å². The predicted octanol–water partition coefficient (Wildman–Crippen LogP) is 2.95. The zero-order valence-corrected chi connectivity index (χ0v) is 22.4. The van der Waals surface area contributed by atoms with Crippen molar-refractivity contribution in [2.75, 3.05) is 6.61 Å². The number of carbonyl (C=O) groups is 4. The molecule has 9 nitrogen and oxygen atoms in total. The van der Waals surface area contributed by atoms with E-state index >= 15 is 0 Å². The maximum Gasteiger partial charge on any atom is 0.408 e. The van der Waals surface area contributed by atoms with E-state index in [-0.39, 0.29) is 24.4 Å². The first-order valence-electron chi connectivity index (χ1n) is 12.6. The first-order chi connectivity index (χ1) is 16.9. The molecule has 0 aliphatic carbocycles. The number of ketones is 1. The number of aliphatic hydroxyl groups excluding tert-OH is 1. The van der Waals surface area contributed by atoms with Gasteiger partial charge in [0.2, 0.25) is 11.8 Å². The number of carbonyl (C=O) groups excluding carboxylic acids is 4. The summed E-state index contributed by atoms with van der Waals surface area (Å²) in [6.07, 6.45) is 0.334. The smallest absolute Gasteiger partial charge is 0.408 e. The molecular weight excluding hydrogens is 462 g/mol. The molecule has 2 unspecified atom stereocenters. The van der Waals surface area contributed by atoms with Crippen molar-refractivity contribution >= 4 is 23.7 Å². The highest BCUT2D eigenvalue weighted by Crippen LogP contribution is 2.11. The highest BCUT2D eigenvalue weighted by molar-refractivity contribution is 5.94. The average molecular weight is 506 g/mol. The minimum absolute atomic E-state index is 0.0667. The highest BCUT2D eigenvalue weighted by Gasteiger charge is 2.30. The van der Waals surface area contributed by atoms with Gasteiger partial charge in [-0.25, -0.2) is 4.79 Å². The summed E-state index contributed by atoms with van der Waals surface area (Å²) < 4.78 is 5.27. The first-order valence-corrected chi connectivity index (χ1v) is 12.6. The summed E-state index contributed by atoms with van der Waals surface area (Å²) in [5.41, 5.74) is 0.819. The van der Waals surface area contributed by atoms with E-state index in [1.165, 1.54) is 0 Å². The van der Waals surface area contributed by atoms with Crippen molar-refractivity contribution < 1.29 is 29.0 Å². The van der Waals surface area contributed by atoms with E-state index in [0.717, 1.165) is 5.56 Å². The molecule has 1 aromatic rings. The molecule has 9 heteroatoms. The fraction of sp³-hybridized carbons (Fsp3) is 0.630. The van der Waals surface area contributed by atoms with Gasteiger partial charge < -0.3 is 25.8 Å². The molecule has 3 amide bonds. The topological polar surface area (TPSA) is 134 Å². The number of aliphatic hydroxyl groups is 1. The van der Waals surface area contributed by atoms with E-state index in [4.69, 9.17) is 4.74 Å². The van der Waals surface area contributed by atoms with Gasteiger partial charge in [0.1, 0.15) is 25.3 Å². The Kier molecular flexibility index (Phi) is 13.8. The van der Waals surface area contributed by atoms with Crippen LogP contribution in [0.25, 0.3) is 0 Å². The third-order valence-electron chi connectivity index (χ3n) is 5.44. The largest absolute Gasteiger partial charge is 0.445 e. The van der Waals surface area contributed by atoms with Gasteiger partial charge in [-0.05, 0) is 42.6 Å². The van der Waals surface area contributed by atoms with Gasteiger partial charge in [-0.15, -0.1) is 0 Å². The molecule has 0 aliphatic heterocycles. The average Bonchev–Trinajstić information content (AvgIpc) is 2.80. The normalized spacial score (nSPS) is 13.7. The molecule has 202 valence electrons. The lowest BCUT2D eigenvalue weighted by Crippen LogP contribution is -2.56. The van der Waals surface area contributed by atoms with Gasteiger partial charge in [-0.1, -0.05) is 71.9 Å². The summed E-state index contributed by atoms with van der Waals surface area (Å²) in [6, 6.07) is 6.55. The van der Waals surface area contributed by atoms with Crippen LogP contribution in [-0.4, -0.2) is 53.5 Å². The molecule has 4 N–H and O–H groups in total. The molecule has 0 aromatic heterocycles. The summed E-state index contributed by atoms with van der Waals surface area (Å²) in [5.74, 6) is -1.21. The monoisotopic (exact) mass is 505 g/mol. The quantitative estimate of drug-likeness (QED) is 0.290. The molecule has 36 heavy (non-hydrogen) atoms. The summed E-state index contributed by atoms with van der Waals surface area (Å²) >= 11 is 0. The maximum atomic E-state index is 13.2. The van der Waals surface area contributed by atoms with Gasteiger partial charge in [0.05, 0.1) is 6.04 Å². The number of rotatable bonds is 15. The van der Waals surface area contributed by atoms with Crippen LogP contribution in [0.2, 0.25) is 0 Å². The zero-order chi connectivity index (χ0) is 27.3. The fourth-order valence-corrected chi connectivity index (χ4v) is 3.71. The number of amides is 3. The zero-order valence-electron chi connectivity index (χ0n) is 22.4. The summed E-state index contributed by atoms with van der Waals surface area (Å²) in [4.78, 5) is 50.8. The number of ether oxygens (including phenoxy) is 1. The minimum Gasteiger partial charge on any atom is -0.445 e. The Hall–Kier alpha value is -2.94. The van der Waals surface area contributed by atoms with Crippen LogP contribution >= 0.6 is 0 Å². The molecule has 0 saturated heterocycles. The van der Waals surface area contributed by atoms with Crippen LogP contribution in [0.1, 0.15) is 66.4 Å². The molecule has 3 atom stereocenters. The molecule has 0 spiro atoms. The minimum atomic E-state index is -0.907. The third-order valence-corrected chi connectivity index (χ3v) is 5.44. The lowest BCUT2D eigenvalue weighted by molar-refractivity contribution is -0.133. The molecular formula is C27H43N3O6. The molecule has 0 heterocycles. The number of hydrogen-bond acceptors (Lipinski definition) is 6. The second kappa shape index (κ2) is 15.9. The Morgan fingerprint density at radius 3 is 1.64 bits per heavy atom. The molecule has 0 saturated carbocycles. The van der Waals surface area contributed by atoms with Crippen molar-refractivity contribution in [2.45, 2.75) is 85.5 Å². The van der Waals surface area contributed by atoms with Crippen molar-refractivity contribution in [3.63, 3.8) is 0 Å². The summed E-state index contributed by atoms with van der Waals surface area (Å²) in [7, 11) is 0. The highest BCUT2D eigenvalue weighted by atomic mass is 16.5. The number of alkyl carbamates (subject to hydrolysis) is 1. The third kappa shape index (κ3) is 12.2. The standard InChI is InChI=1S/C27H43N3O6/c1-17(2)12-21(24(32)15-31)28-25(33)22(13-18(3)4)29-26(34)23(14-19(5)6)30-27(35)36-16-20-10-8-7-9-11-20/h7-11,17-19,21-23,31H,12-16H2,1-6H3,(H,28,33)(H,29,34)(H,30,35)/t21?,22-,23?/m0/s1. The second-order valence-electron chi connectivity index (χ2n) is 10.4. The van der Waals surface area contributed by atoms with Crippen LogP contribution < -0.4 is 16.0 Å². The molecule has 1 rings (SSSR count). The van der Waals surface area contributed by atoms with Crippen LogP contribution in [0, 0.1) is 17.8 Å². The maximum absolute atomic E-state index is 13.2. The summed E-state index contributed by atoms with van der Waals surface area (Å²) in [6.45, 7) is 10.9. The van der Waals surface area contributed by atoms with Crippen molar-refractivity contribution in [1.29, 1.82) is 0 Å². The second-order valence-corrected chi connectivity index (χ2v) is 10.4. The van der Waals surface area contributed by atoms with E-state index in [1.54, 1.807) is 0 Å². The van der Waals surface area contributed by atoms with Crippen LogP contribution in [0.3, 0.4) is 0 Å². The van der Waals surface area contributed by atoms with Crippen LogP contribution in [0.15, 0.2) is 30.3 Å².